The van der Waals surface area contributed by atoms with Crippen molar-refractivity contribution in [3.63, 3.8) is 0 Å². The number of fused-ring (bicyclic) bond motifs is 3. The number of benzene rings is 2. The Morgan fingerprint density at radius 3 is 2.73 bits per heavy atom. The van der Waals surface area contributed by atoms with Crippen LogP contribution >= 0.6 is 34.8 Å². The summed E-state index contributed by atoms with van der Waals surface area (Å²) >= 11 is 18.4. The number of hydrogen-bond donors (Lipinski definition) is 4. The molecule has 1 aliphatic carbocycles. The minimum Gasteiger partial charge on any atom is -0.370 e. The third kappa shape index (κ3) is 4.44. The largest absolute Gasteiger partial charge is 0.370 e. The molecule has 0 spiro atoms. The summed E-state index contributed by atoms with van der Waals surface area (Å²) in [5.74, 6) is -0.0227. The van der Waals surface area contributed by atoms with Crippen LogP contribution in [0.25, 0.3) is 23.1 Å². The zero-order valence-electron chi connectivity index (χ0n) is 16.2. The van der Waals surface area contributed by atoms with Gasteiger partial charge in [-0.2, -0.15) is 0 Å². The Hall–Kier alpha value is -2.18. The monoisotopic (exact) mass is 461 g/mol. The first-order valence-electron chi connectivity index (χ1n) is 9.67. The lowest BCUT2D eigenvalue weighted by Crippen LogP contribution is -2.40. The SMILES string of the molecule is N=C(N)NCCn1c2c(c3cc(Cl)ccc31)=CC(NCc1ccc(Cl)c(Cl)c1)CC=2. The third-order valence-electron chi connectivity index (χ3n) is 5.24. The highest BCUT2D eigenvalue weighted by Gasteiger charge is 2.15. The highest BCUT2D eigenvalue weighted by Crippen LogP contribution is 2.23. The smallest absolute Gasteiger partial charge is 0.185 e. The molecule has 0 saturated heterocycles. The van der Waals surface area contributed by atoms with Crippen LogP contribution in [0.15, 0.2) is 36.4 Å². The van der Waals surface area contributed by atoms with Crippen LogP contribution in [-0.2, 0) is 13.1 Å². The molecule has 156 valence electrons. The van der Waals surface area contributed by atoms with Crippen molar-refractivity contribution in [3.05, 3.63) is 67.6 Å². The van der Waals surface area contributed by atoms with E-state index in [4.69, 9.17) is 45.9 Å². The molecule has 8 heteroatoms. The molecule has 1 heterocycles. The number of aromatic nitrogens is 1. The van der Waals surface area contributed by atoms with E-state index in [-0.39, 0.29) is 12.0 Å². The van der Waals surface area contributed by atoms with Crippen LogP contribution in [0.1, 0.15) is 12.0 Å². The van der Waals surface area contributed by atoms with Crippen LogP contribution in [0, 0.1) is 5.41 Å². The standard InChI is InChI=1S/C22H22Cl3N5/c23-14-2-5-20-16(10-14)17-11-15(29-12-13-1-4-18(24)19(25)9-13)3-6-21(17)30(20)8-7-28-22(26)27/h1-2,4-6,9-11,15,29H,3,7-8,12H2,(H4,26,27,28). The van der Waals surface area contributed by atoms with E-state index in [0.717, 1.165) is 22.9 Å². The fraction of sp³-hybridized carbons (Fsp3) is 0.227. The van der Waals surface area contributed by atoms with E-state index in [1.165, 1.54) is 10.6 Å². The molecule has 2 aromatic carbocycles. The molecule has 30 heavy (non-hydrogen) atoms. The molecule has 4 rings (SSSR count). The van der Waals surface area contributed by atoms with Crippen molar-refractivity contribution < 1.29 is 0 Å². The Kier molecular flexibility index (Phi) is 6.25. The fourth-order valence-corrected chi connectivity index (χ4v) is 4.35. The molecule has 3 aromatic rings. The van der Waals surface area contributed by atoms with Gasteiger partial charge in [-0.3, -0.25) is 5.41 Å². The Morgan fingerprint density at radius 1 is 1.13 bits per heavy atom. The van der Waals surface area contributed by atoms with Crippen LogP contribution < -0.4 is 26.9 Å². The first kappa shape index (κ1) is 21.1. The van der Waals surface area contributed by atoms with Gasteiger partial charge in [-0.15, -0.1) is 0 Å². The van der Waals surface area contributed by atoms with E-state index < -0.39 is 0 Å². The number of nitrogens with zero attached hydrogens (tertiary/aromatic N) is 1. The van der Waals surface area contributed by atoms with Crippen molar-refractivity contribution in [2.24, 2.45) is 5.73 Å². The van der Waals surface area contributed by atoms with E-state index >= 15 is 0 Å². The lowest BCUT2D eigenvalue weighted by Gasteiger charge is -2.16. The minimum absolute atomic E-state index is 0.0227. The van der Waals surface area contributed by atoms with Crippen molar-refractivity contribution >= 4 is 63.8 Å². The van der Waals surface area contributed by atoms with Gasteiger partial charge in [-0.25, -0.2) is 0 Å². The van der Waals surface area contributed by atoms with E-state index in [2.05, 4.69) is 27.4 Å². The van der Waals surface area contributed by atoms with Gasteiger partial charge in [0.2, 0.25) is 0 Å². The van der Waals surface area contributed by atoms with Gasteiger partial charge in [-0.05, 0) is 42.3 Å². The second-order valence-corrected chi connectivity index (χ2v) is 8.55. The Morgan fingerprint density at radius 2 is 1.97 bits per heavy atom. The number of halogens is 3. The van der Waals surface area contributed by atoms with Crippen LogP contribution in [0.3, 0.4) is 0 Å². The lowest BCUT2D eigenvalue weighted by molar-refractivity contribution is 0.619. The molecular formula is C22H22Cl3N5. The van der Waals surface area contributed by atoms with Gasteiger partial charge in [0.25, 0.3) is 0 Å². The summed E-state index contributed by atoms with van der Waals surface area (Å²) in [5.41, 5.74) is 7.63. The zero-order valence-corrected chi connectivity index (χ0v) is 18.5. The average Bonchev–Trinajstić information content (AvgIpc) is 3.01. The van der Waals surface area contributed by atoms with Crippen LogP contribution in [0.5, 0.6) is 0 Å². The highest BCUT2D eigenvalue weighted by atomic mass is 35.5. The molecule has 5 N–H and O–H groups in total. The molecule has 0 bridgehead atoms. The van der Waals surface area contributed by atoms with Gasteiger partial charge >= 0.3 is 0 Å². The zero-order chi connectivity index (χ0) is 21.3. The number of guanidine groups is 1. The summed E-state index contributed by atoms with van der Waals surface area (Å²) in [6, 6.07) is 11.8. The molecule has 1 atom stereocenters. The highest BCUT2D eigenvalue weighted by molar-refractivity contribution is 6.42. The number of nitrogens with two attached hydrogens (primary N) is 1. The van der Waals surface area contributed by atoms with E-state index in [1.807, 2.05) is 36.4 Å². The summed E-state index contributed by atoms with van der Waals surface area (Å²) in [5, 5.41) is 19.1. The average molecular weight is 463 g/mol. The van der Waals surface area contributed by atoms with Crippen molar-refractivity contribution in [1.29, 1.82) is 5.41 Å². The number of rotatable bonds is 6. The molecule has 0 saturated carbocycles. The maximum absolute atomic E-state index is 7.37. The first-order chi connectivity index (χ1) is 14.4. The predicted molar refractivity (Wildman–Crippen MR) is 127 cm³/mol. The van der Waals surface area contributed by atoms with Crippen molar-refractivity contribution in [1.82, 2.24) is 15.2 Å². The topological polar surface area (TPSA) is 78.9 Å². The summed E-state index contributed by atoms with van der Waals surface area (Å²) in [4.78, 5) is 0. The van der Waals surface area contributed by atoms with Crippen LogP contribution in [0.2, 0.25) is 15.1 Å². The second kappa shape index (κ2) is 8.90. The number of nitrogens with one attached hydrogen (secondary N) is 3. The second-order valence-electron chi connectivity index (χ2n) is 7.29. The Labute approximate surface area is 189 Å². The number of hydrogen-bond acceptors (Lipinski definition) is 2. The summed E-state index contributed by atoms with van der Waals surface area (Å²) < 4.78 is 2.25. The molecule has 0 fully saturated rings. The predicted octanol–water partition coefficient (Wildman–Crippen LogP) is 3.21. The van der Waals surface area contributed by atoms with Gasteiger partial charge in [0, 0.05) is 52.2 Å². The van der Waals surface area contributed by atoms with Crippen LogP contribution in [0.4, 0.5) is 0 Å². The first-order valence-corrected chi connectivity index (χ1v) is 10.8. The van der Waals surface area contributed by atoms with Gasteiger partial charge in [0.1, 0.15) is 0 Å². The molecular weight excluding hydrogens is 441 g/mol. The van der Waals surface area contributed by atoms with E-state index in [0.29, 0.717) is 34.7 Å². The minimum atomic E-state index is -0.0227. The van der Waals surface area contributed by atoms with Gasteiger partial charge in [-0.1, -0.05) is 53.0 Å². The lowest BCUT2D eigenvalue weighted by atomic mass is 10.1. The molecule has 0 amide bonds. The maximum Gasteiger partial charge on any atom is 0.185 e. The van der Waals surface area contributed by atoms with Gasteiger partial charge in [0.05, 0.1) is 10.0 Å². The molecule has 5 nitrogen and oxygen atoms in total. The Balaban J connectivity index is 1.63. The molecule has 1 unspecified atom stereocenters. The van der Waals surface area contributed by atoms with E-state index in [1.54, 1.807) is 0 Å². The van der Waals surface area contributed by atoms with E-state index in [9.17, 15) is 0 Å². The summed E-state index contributed by atoms with van der Waals surface area (Å²) in [6.07, 6.45) is 5.39. The molecule has 0 radical (unpaired) electrons. The quantitative estimate of drug-likeness (QED) is 0.335. The Bertz CT molecular complexity index is 1230. The molecule has 0 aliphatic heterocycles. The normalized spacial score (nSPS) is 15.4. The molecule has 1 aliphatic rings. The van der Waals surface area contributed by atoms with Gasteiger partial charge < -0.3 is 20.9 Å². The summed E-state index contributed by atoms with van der Waals surface area (Å²) in [6.45, 7) is 1.99. The third-order valence-corrected chi connectivity index (χ3v) is 6.22. The summed E-state index contributed by atoms with van der Waals surface area (Å²) in [7, 11) is 0. The fourth-order valence-electron chi connectivity index (χ4n) is 3.86. The van der Waals surface area contributed by atoms with Crippen molar-refractivity contribution in [2.75, 3.05) is 6.54 Å². The van der Waals surface area contributed by atoms with Crippen molar-refractivity contribution in [2.45, 2.75) is 25.6 Å². The maximum atomic E-state index is 7.37. The molecule has 1 aromatic heterocycles. The van der Waals surface area contributed by atoms with Crippen molar-refractivity contribution in [3.8, 4) is 0 Å². The van der Waals surface area contributed by atoms with Gasteiger partial charge in [0.15, 0.2) is 5.96 Å². The van der Waals surface area contributed by atoms with Crippen LogP contribution in [-0.4, -0.2) is 23.1 Å².